The second-order valence-electron chi connectivity index (χ2n) is 3.23. The van der Waals surface area contributed by atoms with Crippen LogP contribution in [0, 0.1) is 19.7 Å². The predicted molar refractivity (Wildman–Crippen MR) is 73.9 cm³/mol. The van der Waals surface area contributed by atoms with Gasteiger partial charge in [0.25, 0.3) is 0 Å². The van der Waals surface area contributed by atoms with Crippen molar-refractivity contribution in [3.8, 4) is 0 Å². The zero-order valence-electron chi connectivity index (χ0n) is 11.6. The van der Waals surface area contributed by atoms with E-state index in [4.69, 9.17) is 0 Å². The first-order valence-corrected chi connectivity index (χ1v) is 6.20. The molecule has 0 spiro atoms. The lowest BCUT2D eigenvalue weighted by Gasteiger charge is -2.02. The summed E-state index contributed by atoms with van der Waals surface area (Å²) < 4.78 is 12.8. The highest BCUT2D eigenvalue weighted by atomic mass is 19.1. The molecule has 0 saturated heterocycles. The molecule has 0 bridgehead atoms. The molecule has 2 rings (SSSR count). The van der Waals surface area contributed by atoms with Gasteiger partial charge in [-0.1, -0.05) is 27.7 Å². The van der Waals surface area contributed by atoms with Crippen molar-refractivity contribution in [3.05, 3.63) is 41.3 Å². The third-order valence-electron chi connectivity index (χ3n) is 2.22. The first-order chi connectivity index (χ1) is 8.16. The lowest BCUT2D eigenvalue weighted by Crippen LogP contribution is -1.88. The molecule has 0 radical (unpaired) electrons. The van der Waals surface area contributed by atoms with Gasteiger partial charge in [0.2, 0.25) is 0 Å². The van der Waals surface area contributed by atoms with Gasteiger partial charge >= 0.3 is 0 Å². The minimum Gasteiger partial charge on any atom is -0.253 e. The van der Waals surface area contributed by atoms with E-state index in [9.17, 15) is 4.39 Å². The van der Waals surface area contributed by atoms with Crippen molar-refractivity contribution < 1.29 is 4.39 Å². The van der Waals surface area contributed by atoms with Crippen LogP contribution in [-0.4, -0.2) is 4.98 Å². The van der Waals surface area contributed by atoms with Crippen molar-refractivity contribution in [2.75, 3.05) is 0 Å². The highest BCUT2D eigenvalue weighted by Crippen LogP contribution is 2.16. The summed E-state index contributed by atoms with van der Waals surface area (Å²) in [5.41, 5.74) is 2.82. The van der Waals surface area contributed by atoms with E-state index in [1.165, 1.54) is 12.1 Å². The summed E-state index contributed by atoms with van der Waals surface area (Å²) in [7, 11) is 0. The van der Waals surface area contributed by atoms with Gasteiger partial charge in [-0.05, 0) is 37.6 Å². The Bertz CT molecular complexity index is 464. The molecule has 94 valence electrons. The molecule has 0 aliphatic carbocycles. The number of hydrogen-bond acceptors (Lipinski definition) is 1. The maximum Gasteiger partial charge on any atom is 0.125 e. The van der Waals surface area contributed by atoms with Crippen molar-refractivity contribution in [1.29, 1.82) is 0 Å². The van der Waals surface area contributed by atoms with Crippen molar-refractivity contribution in [1.82, 2.24) is 4.98 Å². The largest absolute Gasteiger partial charge is 0.253 e. The smallest absolute Gasteiger partial charge is 0.125 e. The van der Waals surface area contributed by atoms with Gasteiger partial charge in [0.1, 0.15) is 5.82 Å². The second kappa shape index (κ2) is 7.77. The summed E-state index contributed by atoms with van der Waals surface area (Å²) >= 11 is 0. The van der Waals surface area contributed by atoms with Gasteiger partial charge in [0.15, 0.2) is 0 Å². The van der Waals surface area contributed by atoms with Gasteiger partial charge in [-0.2, -0.15) is 0 Å². The number of fused-ring (bicyclic) bond motifs is 1. The van der Waals surface area contributed by atoms with E-state index in [-0.39, 0.29) is 5.82 Å². The van der Waals surface area contributed by atoms with Crippen LogP contribution >= 0.6 is 0 Å². The monoisotopic (exact) mass is 235 g/mol. The van der Waals surface area contributed by atoms with Crippen LogP contribution in [0.5, 0.6) is 0 Å². The van der Waals surface area contributed by atoms with Crippen molar-refractivity contribution in [2.45, 2.75) is 41.5 Å². The molecule has 2 aromatic rings. The molecule has 0 aliphatic heterocycles. The van der Waals surface area contributed by atoms with Crippen molar-refractivity contribution >= 4 is 10.9 Å². The van der Waals surface area contributed by atoms with E-state index < -0.39 is 0 Å². The third kappa shape index (κ3) is 4.14. The number of aromatic nitrogens is 1. The van der Waals surface area contributed by atoms with Gasteiger partial charge in [-0.3, -0.25) is 4.98 Å². The Morgan fingerprint density at radius 2 is 1.53 bits per heavy atom. The Balaban J connectivity index is 0.000000581. The highest BCUT2D eigenvalue weighted by Gasteiger charge is 2.00. The van der Waals surface area contributed by atoms with Crippen LogP contribution in [0.15, 0.2) is 24.3 Å². The predicted octanol–water partition coefficient (Wildman–Crippen LogP) is 5.04. The zero-order valence-corrected chi connectivity index (χ0v) is 11.6. The molecule has 2 heteroatoms. The van der Waals surface area contributed by atoms with Gasteiger partial charge < -0.3 is 0 Å². The first kappa shape index (κ1) is 15.6. The molecular formula is C15H22FN. The van der Waals surface area contributed by atoms with E-state index in [1.807, 2.05) is 47.6 Å². The summed E-state index contributed by atoms with van der Waals surface area (Å²) in [6.07, 6.45) is 0. The number of rotatable bonds is 0. The average Bonchev–Trinajstić information content (AvgIpc) is 2.36. The minimum atomic E-state index is -0.233. The zero-order chi connectivity index (χ0) is 13.4. The Morgan fingerprint density at radius 3 is 2.12 bits per heavy atom. The average molecular weight is 235 g/mol. The topological polar surface area (TPSA) is 12.9 Å². The summed E-state index contributed by atoms with van der Waals surface area (Å²) in [6, 6.07) is 6.70. The van der Waals surface area contributed by atoms with Gasteiger partial charge in [0.05, 0.1) is 5.52 Å². The molecule has 17 heavy (non-hydrogen) atoms. The van der Waals surface area contributed by atoms with E-state index in [0.717, 1.165) is 22.2 Å². The van der Waals surface area contributed by atoms with E-state index >= 15 is 0 Å². The molecule has 1 nitrogen and oxygen atoms in total. The fourth-order valence-electron chi connectivity index (χ4n) is 1.34. The Hall–Kier alpha value is -1.44. The maximum absolute atomic E-state index is 12.8. The lowest BCUT2D eigenvalue weighted by molar-refractivity contribution is 0.629. The number of benzene rings is 1. The van der Waals surface area contributed by atoms with Crippen molar-refractivity contribution in [3.63, 3.8) is 0 Å². The van der Waals surface area contributed by atoms with Crippen LogP contribution < -0.4 is 0 Å². The Labute approximate surface area is 104 Å². The van der Waals surface area contributed by atoms with Crippen LogP contribution in [-0.2, 0) is 0 Å². The van der Waals surface area contributed by atoms with E-state index in [2.05, 4.69) is 4.98 Å². The standard InChI is InChI=1S/C11H10FN.2C2H6/c1-7-5-9-3-4-10(12)6-11(9)13-8(7)2;2*1-2/h3-6H,1-2H3;2*1-2H3. The Kier molecular flexibility index (Phi) is 7.11. The molecule has 0 N–H and O–H groups in total. The molecule has 0 aliphatic rings. The molecule has 1 heterocycles. The summed E-state index contributed by atoms with van der Waals surface area (Å²) in [6.45, 7) is 11.9. The number of nitrogens with zero attached hydrogens (tertiary/aromatic N) is 1. The summed E-state index contributed by atoms with van der Waals surface area (Å²) in [5, 5.41) is 0.990. The SMILES string of the molecule is CC.CC.Cc1cc2ccc(F)cc2nc1C. The van der Waals surface area contributed by atoms with Crippen LogP contribution in [0.1, 0.15) is 39.0 Å². The second-order valence-corrected chi connectivity index (χ2v) is 3.23. The van der Waals surface area contributed by atoms with Crippen LogP contribution in [0.25, 0.3) is 10.9 Å². The quantitative estimate of drug-likeness (QED) is 0.623. The number of aryl methyl sites for hydroxylation is 2. The van der Waals surface area contributed by atoms with Crippen LogP contribution in [0.2, 0.25) is 0 Å². The van der Waals surface area contributed by atoms with Crippen molar-refractivity contribution in [2.24, 2.45) is 0 Å². The van der Waals surface area contributed by atoms with Gasteiger partial charge in [-0.15, -0.1) is 0 Å². The fraction of sp³-hybridized carbons (Fsp3) is 0.400. The first-order valence-electron chi connectivity index (χ1n) is 6.20. The maximum atomic E-state index is 12.8. The van der Waals surface area contributed by atoms with E-state index in [1.54, 1.807) is 6.07 Å². The lowest BCUT2D eigenvalue weighted by atomic mass is 10.1. The summed E-state index contributed by atoms with van der Waals surface area (Å²) in [5.74, 6) is -0.233. The van der Waals surface area contributed by atoms with Crippen LogP contribution in [0.4, 0.5) is 4.39 Å². The van der Waals surface area contributed by atoms with Gasteiger partial charge in [-0.25, -0.2) is 4.39 Å². The molecular weight excluding hydrogens is 213 g/mol. The number of halogens is 1. The molecule has 1 aromatic heterocycles. The minimum absolute atomic E-state index is 0.233. The molecule has 0 atom stereocenters. The number of pyridine rings is 1. The Morgan fingerprint density at radius 1 is 0.941 bits per heavy atom. The molecule has 1 aromatic carbocycles. The molecule has 0 fully saturated rings. The van der Waals surface area contributed by atoms with Gasteiger partial charge in [0, 0.05) is 17.1 Å². The van der Waals surface area contributed by atoms with Crippen LogP contribution in [0.3, 0.4) is 0 Å². The summed E-state index contributed by atoms with van der Waals surface area (Å²) in [4.78, 5) is 4.30. The fourth-order valence-corrected chi connectivity index (χ4v) is 1.34. The molecule has 0 amide bonds. The molecule has 0 unspecified atom stereocenters. The third-order valence-corrected chi connectivity index (χ3v) is 2.22. The highest BCUT2D eigenvalue weighted by molar-refractivity contribution is 5.79. The van der Waals surface area contributed by atoms with E-state index in [0.29, 0.717) is 0 Å². The molecule has 0 saturated carbocycles. The number of hydrogen-bond donors (Lipinski definition) is 0. The normalized spacial score (nSPS) is 8.88.